The smallest absolute Gasteiger partial charge is 0.222 e. The van der Waals surface area contributed by atoms with Crippen molar-refractivity contribution in [3.8, 4) is 0 Å². The van der Waals surface area contributed by atoms with Gasteiger partial charge >= 0.3 is 0 Å². The van der Waals surface area contributed by atoms with E-state index in [1.165, 1.54) is 0 Å². The van der Waals surface area contributed by atoms with Crippen LogP contribution in [0.3, 0.4) is 0 Å². The van der Waals surface area contributed by atoms with Crippen molar-refractivity contribution < 1.29 is 4.79 Å². The number of anilines is 1. The standard InChI is InChI=1S/C17H19BrN2O/c1-20(12-14-4-2-3-5-16(14)18)17(21)11-8-13-6-9-15(19)10-7-13/h2-7,9-10H,8,11-12,19H2,1H3. The molecule has 0 aliphatic heterocycles. The fraction of sp³-hybridized carbons (Fsp3) is 0.235. The van der Waals surface area contributed by atoms with E-state index in [1.807, 2.05) is 55.6 Å². The van der Waals surface area contributed by atoms with Crippen LogP contribution in [0.15, 0.2) is 53.0 Å². The van der Waals surface area contributed by atoms with Crippen LogP contribution in [0, 0.1) is 0 Å². The number of nitrogens with zero attached hydrogens (tertiary/aromatic N) is 1. The van der Waals surface area contributed by atoms with E-state index in [2.05, 4.69) is 15.9 Å². The Balaban J connectivity index is 1.88. The summed E-state index contributed by atoms with van der Waals surface area (Å²) in [6, 6.07) is 15.6. The summed E-state index contributed by atoms with van der Waals surface area (Å²) >= 11 is 3.51. The predicted molar refractivity (Wildman–Crippen MR) is 89.8 cm³/mol. The average molecular weight is 347 g/mol. The molecule has 0 saturated carbocycles. The van der Waals surface area contributed by atoms with E-state index in [-0.39, 0.29) is 5.91 Å². The Morgan fingerprint density at radius 1 is 1.14 bits per heavy atom. The molecule has 3 nitrogen and oxygen atoms in total. The van der Waals surface area contributed by atoms with Crippen molar-refractivity contribution in [2.75, 3.05) is 12.8 Å². The van der Waals surface area contributed by atoms with E-state index >= 15 is 0 Å². The Labute approximate surface area is 133 Å². The number of carbonyl (C=O) groups excluding carboxylic acids is 1. The van der Waals surface area contributed by atoms with E-state index in [0.717, 1.165) is 27.7 Å². The van der Waals surface area contributed by atoms with Crippen molar-refractivity contribution in [1.82, 2.24) is 4.90 Å². The first-order chi connectivity index (χ1) is 10.1. The van der Waals surface area contributed by atoms with E-state index < -0.39 is 0 Å². The van der Waals surface area contributed by atoms with Crippen LogP contribution in [-0.4, -0.2) is 17.9 Å². The molecular formula is C17H19BrN2O. The topological polar surface area (TPSA) is 46.3 Å². The van der Waals surface area contributed by atoms with Crippen molar-refractivity contribution in [3.05, 3.63) is 64.1 Å². The third kappa shape index (κ3) is 4.60. The van der Waals surface area contributed by atoms with Crippen LogP contribution in [-0.2, 0) is 17.8 Å². The van der Waals surface area contributed by atoms with E-state index in [0.29, 0.717) is 13.0 Å². The molecule has 0 saturated heterocycles. The number of hydrogen-bond donors (Lipinski definition) is 1. The molecule has 2 rings (SSSR count). The summed E-state index contributed by atoms with van der Waals surface area (Å²) in [6.07, 6.45) is 1.24. The molecule has 0 radical (unpaired) electrons. The van der Waals surface area contributed by atoms with Gasteiger partial charge in [0.05, 0.1) is 0 Å². The minimum Gasteiger partial charge on any atom is -0.399 e. The van der Waals surface area contributed by atoms with Gasteiger partial charge < -0.3 is 10.6 Å². The first kappa shape index (κ1) is 15.6. The summed E-state index contributed by atoms with van der Waals surface area (Å²) in [5.74, 6) is 0.141. The summed E-state index contributed by atoms with van der Waals surface area (Å²) in [7, 11) is 1.84. The minimum absolute atomic E-state index is 0.141. The van der Waals surface area contributed by atoms with Gasteiger partial charge in [0.25, 0.3) is 0 Å². The highest BCUT2D eigenvalue weighted by Crippen LogP contribution is 2.18. The molecule has 0 bridgehead atoms. The van der Waals surface area contributed by atoms with E-state index in [4.69, 9.17) is 5.73 Å². The molecular weight excluding hydrogens is 328 g/mol. The highest BCUT2D eigenvalue weighted by molar-refractivity contribution is 9.10. The first-order valence-corrected chi connectivity index (χ1v) is 7.67. The number of carbonyl (C=O) groups is 1. The summed E-state index contributed by atoms with van der Waals surface area (Å²) in [5, 5.41) is 0. The first-order valence-electron chi connectivity index (χ1n) is 6.88. The number of benzene rings is 2. The zero-order valence-corrected chi connectivity index (χ0v) is 13.6. The van der Waals surface area contributed by atoms with Crippen molar-refractivity contribution in [1.29, 1.82) is 0 Å². The lowest BCUT2D eigenvalue weighted by atomic mass is 10.1. The highest BCUT2D eigenvalue weighted by atomic mass is 79.9. The maximum atomic E-state index is 12.2. The molecule has 4 heteroatoms. The summed E-state index contributed by atoms with van der Waals surface area (Å²) in [6.45, 7) is 0.613. The number of aryl methyl sites for hydroxylation is 1. The highest BCUT2D eigenvalue weighted by Gasteiger charge is 2.10. The SMILES string of the molecule is CN(Cc1ccccc1Br)C(=O)CCc1ccc(N)cc1. The molecule has 2 aromatic rings. The van der Waals surface area contributed by atoms with Gasteiger partial charge in [-0.2, -0.15) is 0 Å². The fourth-order valence-electron chi connectivity index (χ4n) is 2.10. The number of hydrogen-bond acceptors (Lipinski definition) is 2. The fourth-order valence-corrected chi connectivity index (χ4v) is 2.51. The molecule has 0 atom stereocenters. The van der Waals surface area contributed by atoms with Gasteiger partial charge in [-0.05, 0) is 35.7 Å². The maximum Gasteiger partial charge on any atom is 0.222 e. The third-order valence-electron chi connectivity index (χ3n) is 3.40. The second-order valence-electron chi connectivity index (χ2n) is 5.08. The molecule has 0 fully saturated rings. The Morgan fingerprint density at radius 3 is 2.48 bits per heavy atom. The number of amides is 1. The van der Waals surface area contributed by atoms with Crippen LogP contribution in [0.5, 0.6) is 0 Å². The zero-order chi connectivity index (χ0) is 15.2. The van der Waals surface area contributed by atoms with Crippen LogP contribution in [0.1, 0.15) is 17.5 Å². The molecule has 0 aliphatic rings. The lowest BCUT2D eigenvalue weighted by molar-refractivity contribution is -0.130. The number of nitrogens with two attached hydrogens (primary N) is 1. The van der Waals surface area contributed by atoms with Gasteiger partial charge in [-0.25, -0.2) is 0 Å². The van der Waals surface area contributed by atoms with Crippen molar-refractivity contribution in [3.63, 3.8) is 0 Å². The normalized spacial score (nSPS) is 10.4. The second kappa shape index (κ2) is 7.27. The van der Waals surface area contributed by atoms with Gasteiger partial charge in [0.2, 0.25) is 5.91 Å². The molecule has 21 heavy (non-hydrogen) atoms. The quantitative estimate of drug-likeness (QED) is 0.840. The van der Waals surface area contributed by atoms with Gasteiger partial charge in [0.1, 0.15) is 0 Å². The van der Waals surface area contributed by atoms with Crippen molar-refractivity contribution in [2.24, 2.45) is 0 Å². The van der Waals surface area contributed by atoms with Crippen molar-refractivity contribution >= 4 is 27.5 Å². The largest absolute Gasteiger partial charge is 0.399 e. The molecule has 0 aromatic heterocycles. The van der Waals surface area contributed by atoms with Gasteiger partial charge in [-0.15, -0.1) is 0 Å². The van der Waals surface area contributed by atoms with E-state index in [9.17, 15) is 4.79 Å². The van der Waals surface area contributed by atoms with Gasteiger partial charge in [0.15, 0.2) is 0 Å². The lowest BCUT2D eigenvalue weighted by Crippen LogP contribution is -2.26. The van der Waals surface area contributed by atoms with Crippen LogP contribution in [0.25, 0.3) is 0 Å². The Hall–Kier alpha value is -1.81. The maximum absolute atomic E-state index is 12.2. The van der Waals surface area contributed by atoms with Gasteiger partial charge in [0, 0.05) is 30.2 Å². The number of halogens is 1. The van der Waals surface area contributed by atoms with Gasteiger partial charge in [-0.3, -0.25) is 4.79 Å². The van der Waals surface area contributed by atoms with Crippen LogP contribution < -0.4 is 5.73 Å². The third-order valence-corrected chi connectivity index (χ3v) is 4.17. The molecule has 0 heterocycles. The van der Waals surface area contributed by atoms with E-state index in [1.54, 1.807) is 4.90 Å². The van der Waals surface area contributed by atoms with Gasteiger partial charge in [-0.1, -0.05) is 46.3 Å². The number of nitrogen functional groups attached to an aromatic ring is 1. The lowest BCUT2D eigenvalue weighted by Gasteiger charge is -2.18. The Kier molecular flexibility index (Phi) is 5.39. The molecule has 1 amide bonds. The van der Waals surface area contributed by atoms with Crippen molar-refractivity contribution in [2.45, 2.75) is 19.4 Å². The van der Waals surface area contributed by atoms with Crippen LogP contribution in [0.2, 0.25) is 0 Å². The summed E-state index contributed by atoms with van der Waals surface area (Å²) < 4.78 is 1.03. The van der Waals surface area contributed by atoms with Crippen LogP contribution in [0.4, 0.5) is 5.69 Å². The Morgan fingerprint density at radius 2 is 1.81 bits per heavy atom. The molecule has 0 aliphatic carbocycles. The average Bonchev–Trinajstić information content (AvgIpc) is 2.48. The minimum atomic E-state index is 0.141. The molecule has 2 N–H and O–H groups in total. The molecule has 0 unspecified atom stereocenters. The van der Waals surface area contributed by atoms with Crippen LogP contribution >= 0.6 is 15.9 Å². The molecule has 2 aromatic carbocycles. The monoisotopic (exact) mass is 346 g/mol. The Bertz CT molecular complexity index is 610. The predicted octanol–water partition coefficient (Wildman–Crippen LogP) is 3.62. The number of rotatable bonds is 5. The second-order valence-corrected chi connectivity index (χ2v) is 5.94. The summed E-state index contributed by atoms with van der Waals surface area (Å²) in [4.78, 5) is 13.9. The summed E-state index contributed by atoms with van der Waals surface area (Å²) in [5.41, 5.74) is 8.64. The molecule has 110 valence electrons. The zero-order valence-electron chi connectivity index (χ0n) is 12.1. The molecule has 0 spiro atoms.